The van der Waals surface area contributed by atoms with E-state index >= 15 is 0 Å². The van der Waals surface area contributed by atoms with Crippen LogP contribution in [0.2, 0.25) is 0 Å². The van der Waals surface area contributed by atoms with E-state index < -0.39 is 0 Å². The summed E-state index contributed by atoms with van der Waals surface area (Å²) >= 11 is 9.42. The van der Waals surface area contributed by atoms with Gasteiger partial charge in [-0.05, 0) is 32.0 Å². The van der Waals surface area contributed by atoms with E-state index in [1.165, 1.54) is 0 Å². The summed E-state index contributed by atoms with van der Waals surface area (Å²) in [7, 11) is 0. The van der Waals surface area contributed by atoms with Gasteiger partial charge in [0.2, 0.25) is 0 Å². The average Bonchev–Trinajstić information content (AvgIpc) is 2.66. The van der Waals surface area contributed by atoms with Crippen LogP contribution in [0.5, 0.6) is 0 Å². The molecular weight excluding hydrogens is 316 g/mol. The largest absolute Gasteiger partial charge is 0.377 e. The van der Waals surface area contributed by atoms with Gasteiger partial charge in [0.05, 0.1) is 29.6 Å². The fraction of sp³-hybridized carbons (Fsp3) is 0.462. The summed E-state index contributed by atoms with van der Waals surface area (Å²) in [5.74, 6) is 1.29. The third-order valence-corrected chi connectivity index (χ3v) is 3.53. The first-order valence-corrected chi connectivity index (χ1v) is 7.30. The van der Waals surface area contributed by atoms with E-state index in [1.54, 1.807) is 0 Å². The van der Waals surface area contributed by atoms with E-state index in [-0.39, 0.29) is 6.10 Å². The number of halogens is 2. The third kappa shape index (κ3) is 2.87. The number of ether oxygens (including phenoxy) is 1. The number of hydrogen-bond acceptors (Lipinski definition) is 2. The van der Waals surface area contributed by atoms with Crippen LogP contribution in [-0.2, 0) is 17.2 Å². The minimum absolute atomic E-state index is 0.151. The average molecular weight is 332 g/mol. The van der Waals surface area contributed by atoms with Crippen molar-refractivity contribution in [2.45, 2.75) is 32.4 Å². The minimum atomic E-state index is 0.151. The van der Waals surface area contributed by atoms with Crippen LogP contribution in [0.15, 0.2) is 22.7 Å². The molecule has 0 saturated heterocycles. The first kappa shape index (κ1) is 13.8. The second-order valence-electron chi connectivity index (χ2n) is 4.17. The van der Waals surface area contributed by atoms with Crippen LogP contribution in [0.25, 0.3) is 11.0 Å². The van der Waals surface area contributed by atoms with Crippen molar-refractivity contribution in [1.82, 2.24) is 9.55 Å². The van der Waals surface area contributed by atoms with Gasteiger partial charge < -0.3 is 9.30 Å². The van der Waals surface area contributed by atoms with Gasteiger partial charge in [-0.15, -0.1) is 11.6 Å². The molecule has 1 atom stereocenters. The summed E-state index contributed by atoms with van der Waals surface area (Å²) in [6.45, 7) is 5.55. The smallest absolute Gasteiger partial charge is 0.124 e. The van der Waals surface area contributed by atoms with E-state index in [0.29, 0.717) is 5.88 Å². The molecule has 0 aliphatic rings. The molecule has 5 heteroatoms. The second-order valence-corrected chi connectivity index (χ2v) is 5.35. The van der Waals surface area contributed by atoms with E-state index in [0.717, 1.165) is 34.5 Å². The Morgan fingerprint density at radius 2 is 2.28 bits per heavy atom. The van der Waals surface area contributed by atoms with Crippen LogP contribution in [-0.4, -0.2) is 22.3 Å². The Labute approximate surface area is 120 Å². The van der Waals surface area contributed by atoms with Gasteiger partial charge in [0, 0.05) is 11.1 Å². The van der Waals surface area contributed by atoms with Gasteiger partial charge in [0.25, 0.3) is 0 Å². The van der Waals surface area contributed by atoms with Crippen molar-refractivity contribution in [2.75, 3.05) is 6.61 Å². The zero-order valence-electron chi connectivity index (χ0n) is 10.5. The molecule has 3 nitrogen and oxygen atoms in total. The maximum Gasteiger partial charge on any atom is 0.124 e. The predicted molar refractivity (Wildman–Crippen MR) is 78.1 cm³/mol. The van der Waals surface area contributed by atoms with Crippen LogP contribution in [0.3, 0.4) is 0 Å². The van der Waals surface area contributed by atoms with E-state index in [1.807, 2.05) is 19.1 Å². The summed E-state index contributed by atoms with van der Waals surface area (Å²) < 4.78 is 8.75. The van der Waals surface area contributed by atoms with Crippen LogP contribution >= 0.6 is 27.5 Å². The highest BCUT2D eigenvalue weighted by Gasteiger charge is 2.12. The lowest BCUT2D eigenvalue weighted by atomic mass is 10.3. The number of benzene rings is 1. The van der Waals surface area contributed by atoms with Crippen molar-refractivity contribution in [3.8, 4) is 0 Å². The van der Waals surface area contributed by atoms with E-state index in [4.69, 9.17) is 16.3 Å². The molecule has 1 aromatic heterocycles. The molecule has 0 N–H and O–H groups in total. The monoisotopic (exact) mass is 330 g/mol. The summed E-state index contributed by atoms with van der Waals surface area (Å²) in [4.78, 5) is 4.55. The molecule has 18 heavy (non-hydrogen) atoms. The number of aromatic nitrogens is 2. The van der Waals surface area contributed by atoms with Crippen molar-refractivity contribution in [3.63, 3.8) is 0 Å². The molecule has 0 radical (unpaired) electrons. The Kier molecular flexibility index (Phi) is 4.65. The molecule has 0 fully saturated rings. The Morgan fingerprint density at radius 3 is 2.94 bits per heavy atom. The van der Waals surface area contributed by atoms with Crippen molar-refractivity contribution < 1.29 is 4.74 Å². The van der Waals surface area contributed by atoms with Gasteiger partial charge in [-0.1, -0.05) is 15.9 Å². The number of alkyl halides is 1. The van der Waals surface area contributed by atoms with Gasteiger partial charge >= 0.3 is 0 Å². The summed E-state index contributed by atoms with van der Waals surface area (Å²) in [5.41, 5.74) is 2.06. The van der Waals surface area contributed by atoms with Crippen molar-refractivity contribution in [1.29, 1.82) is 0 Å². The zero-order valence-corrected chi connectivity index (χ0v) is 12.8. The number of fused-ring (bicyclic) bond motifs is 1. The predicted octanol–water partition coefficient (Wildman–Crippen LogP) is 3.96. The molecule has 0 spiro atoms. The van der Waals surface area contributed by atoms with Gasteiger partial charge in [0.15, 0.2) is 0 Å². The third-order valence-electron chi connectivity index (χ3n) is 2.80. The normalized spacial score (nSPS) is 13.1. The standard InChI is InChI=1S/C13H16BrClN2O/c1-3-18-9(2)8-17-12-5-4-10(14)6-11(12)16-13(17)7-15/h4-6,9H,3,7-8H2,1-2H3. The summed E-state index contributed by atoms with van der Waals surface area (Å²) in [6.07, 6.45) is 0.151. The van der Waals surface area contributed by atoms with Gasteiger partial charge in [-0.3, -0.25) is 0 Å². The Hall–Kier alpha value is -0.580. The topological polar surface area (TPSA) is 27.1 Å². The van der Waals surface area contributed by atoms with Crippen LogP contribution in [0.4, 0.5) is 0 Å². The zero-order chi connectivity index (χ0) is 13.1. The lowest BCUT2D eigenvalue weighted by Gasteiger charge is -2.14. The quantitative estimate of drug-likeness (QED) is 0.775. The number of hydrogen-bond donors (Lipinski definition) is 0. The highest BCUT2D eigenvalue weighted by molar-refractivity contribution is 9.10. The fourth-order valence-electron chi connectivity index (χ4n) is 2.05. The maximum absolute atomic E-state index is 5.97. The first-order chi connectivity index (χ1) is 8.65. The van der Waals surface area contributed by atoms with Crippen LogP contribution in [0, 0.1) is 0 Å². The Morgan fingerprint density at radius 1 is 1.50 bits per heavy atom. The maximum atomic E-state index is 5.97. The molecule has 0 saturated carbocycles. The van der Waals surface area contributed by atoms with Crippen molar-refractivity contribution >= 4 is 38.6 Å². The molecule has 1 aromatic carbocycles. The van der Waals surface area contributed by atoms with Crippen molar-refractivity contribution in [3.05, 3.63) is 28.5 Å². The molecule has 0 aliphatic carbocycles. The molecule has 2 rings (SSSR count). The lowest BCUT2D eigenvalue weighted by molar-refractivity contribution is 0.0643. The molecule has 1 unspecified atom stereocenters. The molecule has 2 aromatic rings. The molecule has 98 valence electrons. The molecule has 0 bridgehead atoms. The Bertz CT molecular complexity index is 541. The molecule has 0 aliphatic heterocycles. The highest BCUT2D eigenvalue weighted by Crippen LogP contribution is 2.22. The van der Waals surface area contributed by atoms with Gasteiger partial charge in [-0.25, -0.2) is 4.98 Å². The lowest BCUT2D eigenvalue weighted by Crippen LogP contribution is -2.17. The number of imidazole rings is 1. The van der Waals surface area contributed by atoms with Gasteiger partial charge in [0.1, 0.15) is 5.82 Å². The Balaban J connectivity index is 2.40. The highest BCUT2D eigenvalue weighted by atomic mass is 79.9. The fourth-order valence-corrected chi connectivity index (χ4v) is 2.61. The summed E-state index contributed by atoms with van der Waals surface area (Å²) in [5, 5.41) is 0. The minimum Gasteiger partial charge on any atom is -0.377 e. The van der Waals surface area contributed by atoms with Crippen LogP contribution in [0.1, 0.15) is 19.7 Å². The van der Waals surface area contributed by atoms with Crippen LogP contribution < -0.4 is 0 Å². The first-order valence-electron chi connectivity index (χ1n) is 5.98. The second kappa shape index (κ2) is 6.04. The van der Waals surface area contributed by atoms with Crippen molar-refractivity contribution in [2.24, 2.45) is 0 Å². The summed E-state index contributed by atoms with van der Waals surface area (Å²) in [6, 6.07) is 6.08. The number of nitrogens with zero attached hydrogens (tertiary/aromatic N) is 2. The molecular formula is C13H16BrClN2O. The molecule has 1 heterocycles. The molecule has 0 amide bonds. The van der Waals surface area contributed by atoms with E-state index in [2.05, 4.69) is 38.5 Å². The van der Waals surface area contributed by atoms with E-state index in [9.17, 15) is 0 Å². The SMILES string of the molecule is CCOC(C)Cn1c(CCl)nc2cc(Br)ccc21. The number of rotatable bonds is 5. The van der Waals surface area contributed by atoms with Gasteiger partial charge in [-0.2, -0.15) is 0 Å².